The molecule has 1 aliphatic heterocycles. The fourth-order valence-electron chi connectivity index (χ4n) is 2.35. The van der Waals surface area contributed by atoms with Crippen LogP contribution in [0, 0.1) is 16.0 Å². The summed E-state index contributed by atoms with van der Waals surface area (Å²) in [5.74, 6) is 0.368. The maximum absolute atomic E-state index is 10.8. The molecule has 2 rings (SSSR count). The van der Waals surface area contributed by atoms with Gasteiger partial charge in [0.2, 0.25) is 0 Å². The molecule has 98 valence electrons. The van der Waals surface area contributed by atoms with Crippen molar-refractivity contribution >= 4 is 17.3 Å². The number of nitro groups is 1. The highest BCUT2D eigenvalue weighted by molar-refractivity contribution is 6.32. The van der Waals surface area contributed by atoms with Gasteiger partial charge in [-0.1, -0.05) is 17.7 Å². The number of nitrogens with one attached hydrogen (secondary N) is 1. The number of nitrogens with zero attached hydrogens (tertiary/aromatic N) is 1. The molecular formula is C12H16ClN3O2. The van der Waals surface area contributed by atoms with Crippen LogP contribution in [0.1, 0.15) is 24.4 Å². The summed E-state index contributed by atoms with van der Waals surface area (Å²) in [6.07, 6.45) is 2.00. The minimum absolute atomic E-state index is 0.0708. The van der Waals surface area contributed by atoms with Gasteiger partial charge in [0.25, 0.3) is 5.69 Å². The van der Waals surface area contributed by atoms with Crippen LogP contribution in [0.3, 0.4) is 0 Å². The summed E-state index contributed by atoms with van der Waals surface area (Å²) >= 11 is 5.79. The van der Waals surface area contributed by atoms with Crippen LogP contribution in [0.15, 0.2) is 18.2 Å². The van der Waals surface area contributed by atoms with Gasteiger partial charge in [-0.2, -0.15) is 0 Å². The number of hydrogen-bond donors (Lipinski definition) is 2. The van der Waals surface area contributed by atoms with Crippen molar-refractivity contribution < 1.29 is 4.92 Å². The van der Waals surface area contributed by atoms with E-state index in [-0.39, 0.29) is 16.8 Å². The molecule has 0 saturated carbocycles. The second-order valence-corrected chi connectivity index (χ2v) is 4.99. The van der Waals surface area contributed by atoms with E-state index in [1.165, 1.54) is 6.07 Å². The number of nitro benzene ring substituents is 1. The van der Waals surface area contributed by atoms with Crippen molar-refractivity contribution in [2.45, 2.75) is 18.9 Å². The average molecular weight is 270 g/mol. The van der Waals surface area contributed by atoms with Gasteiger partial charge in [0.15, 0.2) is 0 Å². The lowest BCUT2D eigenvalue weighted by molar-refractivity contribution is -0.384. The molecule has 0 aromatic heterocycles. The highest BCUT2D eigenvalue weighted by atomic mass is 35.5. The summed E-state index contributed by atoms with van der Waals surface area (Å²) in [6, 6.07) is 4.66. The van der Waals surface area contributed by atoms with E-state index in [2.05, 4.69) is 5.32 Å². The first-order valence-electron chi connectivity index (χ1n) is 5.99. The van der Waals surface area contributed by atoms with Crippen molar-refractivity contribution in [1.82, 2.24) is 5.32 Å². The van der Waals surface area contributed by atoms with Gasteiger partial charge in [-0.3, -0.25) is 10.1 Å². The van der Waals surface area contributed by atoms with Crippen LogP contribution in [0.4, 0.5) is 5.69 Å². The molecule has 1 aromatic carbocycles. The van der Waals surface area contributed by atoms with Crippen LogP contribution in [0.2, 0.25) is 5.02 Å². The molecule has 0 radical (unpaired) electrons. The number of halogens is 1. The monoisotopic (exact) mass is 269 g/mol. The molecule has 1 atom stereocenters. The second kappa shape index (κ2) is 5.65. The highest BCUT2D eigenvalue weighted by Gasteiger charge is 2.24. The number of hydrogen-bond acceptors (Lipinski definition) is 4. The molecule has 1 fully saturated rings. The highest BCUT2D eigenvalue weighted by Crippen LogP contribution is 2.32. The molecule has 18 heavy (non-hydrogen) atoms. The third-order valence-corrected chi connectivity index (χ3v) is 3.76. The Morgan fingerprint density at radius 2 is 2.11 bits per heavy atom. The van der Waals surface area contributed by atoms with E-state index in [9.17, 15) is 10.1 Å². The molecular weight excluding hydrogens is 254 g/mol. The molecule has 1 heterocycles. The quantitative estimate of drug-likeness (QED) is 0.651. The SMILES string of the molecule is N[C@@H](c1ccc(Cl)c([N+](=O)[O-])c1)C1CCNCC1. The topological polar surface area (TPSA) is 81.2 Å². The van der Waals surface area contributed by atoms with Gasteiger partial charge < -0.3 is 11.1 Å². The lowest BCUT2D eigenvalue weighted by Crippen LogP contribution is -2.33. The predicted octanol–water partition coefficient (Wildman–Crippen LogP) is 2.25. The van der Waals surface area contributed by atoms with Gasteiger partial charge in [0.1, 0.15) is 5.02 Å². The summed E-state index contributed by atoms with van der Waals surface area (Å²) in [4.78, 5) is 10.4. The molecule has 1 aromatic rings. The third kappa shape index (κ3) is 2.80. The first-order chi connectivity index (χ1) is 8.59. The first kappa shape index (κ1) is 13.3. The molecule has 0 aliphatic carbocycles. The predicted molar refractivity (Wildman–Crippen MR) is 70.6 cm³/mol. The van der Waals surface area contributed by atoms with Crippen molar-refractivity contribution in [3.8, 4) is 0 Å². The molecule has 3 N–H and O–H groups in total. The van der Waals surface area contributed by atoms with E-state index in [4.69, 9.17) is 17.3 Å². The minimum Gasteiger partial charge on any atom is -0.324 e. The fourth-order valence-corrected chi connectivity index (χ4v) is 2.54. The number of nitrogens with two attached hydrogens (primary N) is 1. The Morgan fingerprint density at radius 3 is 2.72 bits per heavy atom. The zero-order valence-electron chi connectivity index (χ0n) is 9.93. The lowest BCUT2D eigenvalue weighted by Gasteiger charge is -2.28. The van der Waals surface area contributed by atoms with Crippen LogP contribution in [0.25, 0.3) is 0 Å². The fraction of sp³-hybridized carbons (Fsp3) is 0.500. The Kier molecular flexibility index (Phi) is 4.16. The van der Waals surface area contributed by atoms with Crippen molar-refractivity contribution in [2.75, 3.05) is 13.1 Å². The Labute approximate surface area is 110 Å². The van der Waals surface area contributed by atoms with Crippen molar-refractivity contribution in [2.24, 2.45) is 11.7 Å². The Balaban J connectivity index is 2.21. The van der Waals surface area contributed by atoms with Crippen LogP contribution in [0.5, 0.6) is 0 Å². The van der Waals surface area contributed by atoms with Gasteiger partial charge in [0.05, 0.1) is 4.92 Å². The van der Waals surface area contributed by atoms with Gasteiger partial charge >= 0.3 is 0 Å². The molecule has 0 bridgehead atoms. The van der Waals surface area contributed by atoms with Crippen molar-refractivity contribution in [3.63, 3.8) is 0 Å². The summed E-state index contributed by atoms with van der Waals surface area (Å²) in [6.45, 7) is 1.90. The molecule has 0 spiro atoms. The lowest BCUT2D eigenvalue weighted by atomic mass is 9.86. The Morgan fingerprint density at radius 1 is 1.44 bits per heavy atom. The maximum Gasteiger partial charge on any atom is 0.288 e. The summed E-state index contributed by atoms with van der Waals surface area (Å²) in [5.41, 5.74) is 6.91. The van der Waals surface area contributed by atoms with Gasteiger partial charge in [-0.25, -0.2) is 0 Å². The van der Waals surface area contributed by atoms with Gasteiger partial charge in [-0.15, -0.1) is 0 Å². The van der Waals surface area contributed by atoms with E-state index >= 15 is 0 Å². The van der Waals surface area contributed by atoms with Crippen LogP contribution in [-0.4, -0.2) is 18.0 Å². The van der Waals surface area contributed by atoms with Crippen molar-refractivity contribution in [3.05, 3.63) is 38.9 Å². The Hall–Kier alpha value is -1.17. The zero-order chi connectivity index (χ0) is 13.1. The van der Waals surface area contributed by atoms with E-state index < -0.39 is 4.92 Å². The average Bonchev–Trinajstić information content (AvgIpc) is 2.39. The maximum atomic E-state index is 10.8. The number of piperidine rings is 1. The van der Waals surface area contributed by atoms with Gasteiger partial charge in [-0.05, 0) is 43.5 Å². The molecule has 1 aliphatic rings. The molecule has 5 nitrogen and oxygen atoms in total. The number of rotatable bonds is 3. The first-order valence-corrected chi connectivity index (χ1v) is 6.37. The van der Waals surface area contributed by atoms with Gasteiger partial charge in [0, 0.05) is 12.1 Å². The standard InChI is InChI=1S/C12H16ClN3O2/c13-10-2-1-9(7-11(10)16(17)18)12(14)8-3-5-15-6-4-8/h1-2,7-8,12,15H,3-6,14H2/t12-/m1/s1. The number of benzene rings is 1. The van der Waals surface area contributed by atoms with Crippen LogP contribution < -0.4 is 11.1 Å². The third-order valence-electron chi connectivity index (χ3n) is 3.44. The molecule has 6 heteroatoms. The zero-order valence-corrected chi connectivity index (χ0v) is 10.7. The van der Waals surface area contributed by atoms with Crippen LogP contribution in [-0.2, 0) is 0 Å². The summed E-state index contributed by atoms with van der Waals surface area (Å²) in [5, 5.41) is 14.3. The smallest absolute Gasteiger partial charge is 0.288 e. The van der Waals surface area contributed by atoms with E-state index in [0.717, 1.165) is 31.5 Å². The van der Waals surface area contributed by atoms with Crippen LogP contribution >= 0.6 is 11.6 Å². The molecule has 0 unspecified atom stereocenters. The Bertz CT molecular complexity index is 447. The minimum atomic E-state index is -0.471. The van der Waals surface area contributed by atoms with E-state index in [1.54, 1.807) is 12.1 Å². The summed E-state index contributed by atoms with van der Waals surface area (Å²) in [7, 11) is 0. The molecule has 0 amide bonds. The van der Waals surface area contributed by atoms with Crippen molar-refractivity contribution in [1.29, 1.82) is 0 Å². The largest absolute Gasteiger partial charge is 0.324 e. The summed E-state index contributed by atoms with van der Waals surface area (Å²) < 4.78 is 0. The van der Waals surface area contributed by atoms with E-state index in [0.29, 0.717) is 5.92 Å². The molecule has 1 saturated heterocycles. The second-order valence-electron chi connectivity index (χ2n) is 4.58. The van der Waals surface area contributed by atoms with E-state index in [1.807, 2.05) is 0 Å². The normalized spacial score (nSPS) is 18.6.